The summed E-state index contributed by atoms with van der Waals surface area (Å²) in [5.74, 6) is 0.820. The Morgan fingerprint density at radius 2 is 2.26 bits per heavy atom. The van der Waals surface area contributed by atoms with Crippen LogP contribution >= 0.6 is 11.3 Å². The van der Waals surface area contributed by atoms with Crippen LogP contribution in [0.3, 0.4) is 0 Å². The third kappa shape index (κ3) is 2.77. The van der Waals surface area contributed by atoms with Crippen LogP contribution in [0.15, 0.2) is 48.2 Å². The zero-order chi connectivity index (χ0) is 13.1. The van der Waals surface area contributed by atoms with Gasteiger partial charge in [0.05, 0.1) is 11.3 Å². The molecule has 0 aromatic carbocycles. The van der Waals surface area contributed by atoms with Crippen LogP contribution in [0.1, 0.15) is 5.56 Å². The summed E-state index contributed by atoms with van der Waals surface area (Å²) in [6.07, 6.45) is 5.60. The van der Waals surface area contributed by atoms with Gasteiger partial charge in [0.15, 0.2) is 17.5 Å². The number of aryl methyl sites for hydroxylation is 1. The van der Waals surface area contributed by atoms with Gasteiger partial charge in [-0.1, -0.05) is 0 Å². The first-order valence-corrected chi connectivity index (χ1v) is 6.81. The third-order valence-electron chi connectivity index (χ3n) is 2.66. The van der Waals surface area contributed by atoms with E-state index in [4.69, 9.17) is 0 Å². The molecule has 4 nitrogen and oxygen atoms in total. The lowest BCUT2D eigenvalue weighted by Gasteiger charge is -2.01. The van der Waals surface area contributed by atoms with Gasteiger partial charge >= 0.3 is 0 Å². The summed E-state index contributed by atoms with van der Waals surface area (Å²) >= 11 is 1.57. The summed E-state index contributed by atoms with van der Waals surface area (Å²) in [7, 11) is 0. The zero-order valence-corrected chi connectivity index (χ0v) is 11.2. The van der Waals surface area contributed by atoms with Gasteiger partial charge in [-0.15, -0.1) is 11.3 Å². The lowest BCUT2D eigenvalue weighted by atomic mass is 10.2. The normalized spacial score (nSPS) is 10.4. The van der Waals surface area contributed by atoms with Crippen LogP contribution in [-0.2, 0) is 0 Å². The van der Waals surface area contributed by atoms with Gasteiger partial charge in [0, 0.05) is 17.6 Å². The number of H-pyrrole nitrogens is 1. The van der Waals surface area contributed by atoms with Gasteiger partial charge in [0.25, 0.3) is 0 Å². The number of pyridine rings is 2. The van der Waals surface area contributed by atoms with Crippen molar-refractivity contribution < 1.29 is 4.98 Å². The van der Waals surface area contributed by atoms with E-state index in [9.17, 15) is 0 Å². The molecule has 0 fully saturated rings. The van der Waals surface area contributed by atoms with E-state index in [0.717, 1.165) is 22.2 Å². The molecule has 3 rings (SSSR count). The Morgan fingerprint density at radius 1 is 1.32 bits per heavy atom. The first-order chi connectivity index (χ1) is 9.31. The number of hydrogen-bond acceptors (Lipinski definition) is 4. The molecule has 0 radical (unpaired) electrons. The molecule has 0 saturated heterocycles. The van der Waals surface area contributed by atoms with Gasteiger partial charge in [-0.2, -0.15) is 0 Å². The Bertz CT molecular complexity index is 679. The highest BCUT2D eigenvalue weighted by Crippen LogP contribution is 2.25. The standard InChI is InChI=1S/C14H12N4S/c1-10-4-6-16-13(7-10)18-14-17-12(9-19-14)11-3-2-5-15-8-11/h2-9H,1H3,(H,16,17,18)/p+1. The van der Waals surface area contributed by atoms with Gasteiger partial charge in [-0.05, 0) is 30.7 Å². The summed E-state index contributed by atoms with van der Waals surface area (Å²) in [5, 5.41) is 6.09. The van der Waals surface area contributed by atoms with Gasteiger partial charge in [-0.3, -0.25) is 0 Å². The molecule has 0 aliphatic heterocycles. The fourth-order valence-corrected chi connectivity index (χ4v) is 2.46. The van der Waals surface area contributed by atoms with Crippen LogP contribution in [0.25, 0.3) is 11.3 Å². The highest BCUT2D eigenvalue weighted by molar-refractivity contribution is 7.14. The first kappa shape index (κ1) is 11.8. The summed E-state index contributed by atoms with van der Waals surface area (Å²) in [4.78, 5) is 11.9. The molecular weight excluding hydrogens is 256 g/mol. The number of nitrogens with one attached hydrogen (secondary N) is 2. The maximum absolute atomic E-state index is 4.55. The number of rotatable bonds is 3. The van der Waals surface area contributed by atoms with E-state index < -0.39 is 0 Å². The van der Waals surface area contributed by atoms with Crippen LogP contribution in [0.5, 0.6) is 0 Å². The molecule has 0 spiro atoms. The monoisotopic (exact) mass is 269 g/mol. The van der Waals surface area contributed by atoms with Gasteiger partial charge in [-0.25, -0.2) is 15.0 Å². The molecule has 0 unspecified atom stereocenters. The number of aromatic nitrogens is 3. The first-order valence-electron chi connectivity index (χ1n) is 5.93. The van der Waals surface area contributed by atoms with Crippen molar-refractivity contribution >= 4 is 22.3 Å². The molecule has 94 valence electrons. The van der Waals surface area contributed by atoms with Crippen molar-refractivity contribution in [3.63, 3.8) is 0 Å². The topological polar surface area (TPSA) is 52.0 Å². The van der Waals surface area contributed by atoms with E-state index in [0.29, 0.717) is 0 Å². The van der Waals surface area contributed by atoms with Crippen molar-refractivity contribution in [2.45, 2.75) is 6.92 Å². The molecule has 0 atom stereocenters. The number of thiazole rings is 1. The second-order valence-electron chi connectivity index (χ2n) is 4.17. The predicted molar refractivity (Wildman–Crippen MR) is 76.4 cm³/mol. The lowest BCUT2D eigenvalue weighted by molar-refractivity contribution is -0.377. The summed E-state index contributed by atoms with van der Waals surface area (Å²) < 4.78 is 0. The molecule has 5 heteroatoms. The Balaban J connectivity index is 1.82. The van der Waals surface area contributed by atoms with Crippen molar-refractivity contribution in [1.29, 1.82) is 0 Å². The van der Waals surface area contributed by atoms with Crippen molar-refractivity contribution in [3.8, 4) is 11.3 Å². The largest absolute Gasteiger partial charge is 0.316 e. The molecule has 0 saturated carbocycles. The minimum atomic E-state index is 0.820. The van der Waals surface area contributed by atoms with E-state index in [2.05, 4.69) is 20.3 Å². The predicted octanol–water partition coefficient (Wildman–Crippen LogP) is 3.07. The van der Waals surface area contributed by atoms with Crippen LogP contribution in [0, 0.1) is 6.92 Å². The van der Waals surface area contributed by atoms with Gasteiger partial charge in [0.2, 0.25) is 0 Å². The molecule has 19 heavy (non-hydrogen) atoms. The Morgan fingerprint density at radius 3 is 3.05 bits per heavy atom. The highest BCUT2D eigenvalue weighted by atomic mass is 32.1. The number of anilines is 2. The maximum atomic E-state index is 4.55. The smallest absolute Gasteiger partial charge is 0.188 e. The maximum Gasteiger partial charge on any atom is 0.188 e. The van der Waals surface area contributed by atoms with Gasteiger partial charge < -0.3 is 5.32 Å². The van der Waals surface area contributed by atoms with E-state index >= 15 is 0 Å². The quantitative estimate of drug-likeness (QED) is 0.795. The minimum Gasteiger partial charge on any atom is -0.316 e. The highest BCUT2D eigenvalue weighted by Gasteiger charge is 2.06. The second-order valence-corrected chi connectivity index (χ2v) is 5.03. The lowest BCUT2D eigenvalue weighted by Crippen LogP contribution is -1.98. The fraction of sp³-hybridized carbons (Fsp3) is 0.0714. The molecule has 2 N–H and O–H groups in total. The van der Waals surface area contributed by atoms with E-state index in [-0.39, 0.29) is 0 Å². The summed E-state index contributed by atoms with van der Waals surface area (Å²) in [6.45, 7) is 2.04. The van der Waals surface area contributed by atoms with Crippen molar-refractivity contribution in [1.82, 2.24) is 9.97 Å². The molecule has 0 aliphatic rings. The van der Waals surface area contributed by atoms with Gasteiger partial charge in [0.1, 0.15) is 5.82 Å². The van der Waals surface area contributed by atoms with E-state index in [1.54, 1.807) is 17.5 Å². The average molecular weight is 269 g/mol. The molecule has 0 bridgehead atoms. The summed E-state index contributed by atoms with van der Waals surface area (Å²) in [6, 6.07) is 7.96. The second kappa shape index (κ2) is 5.16. The van der Waals surface area contributed by atoms with Crippen LogP contribution in [-0.4, -0.2) is 9.97 Å². The molecule has 0 amide bonds. The third-order valence-corrected chi connectivity index (χ3v) is 3.42. The molecule has 3 aromatic heterocycles. The van der Waals surface area contributed by atoms with E-state index in [1.165, 1.54) is 5.56 Å². The van der Waals surface area contributed by atoms with Crippen molar-refractivity contribution in [2.75, 3.05) is 5.32 Å². The molecule has 0 aliphatic carbocycles. The Hall–Kier alpha value is -2.27. The van der Waals surface area contributed by atoms with Crippen LogP contribution in [0.2, 0.25) is 0 Å². The summed E-state index contributed by atoms with van der Waals surface area (Å²) in [5.41, 5.74) is 3.20. The van der Waals surface area contributed by atoms with Crippen LogP contribution < -0.4 is 10.3 Å². The fourth-order valence-electron chi connectivity index (χ4n) is 1.73. The van der Waals surface area contributed by atoms with Crippen molar-refractivity contribution in [2.24, 2.45) is 0 Å². The Kier molecular flexibility index (Phi) is 3.20. The zero-order valence-electron chi connectivity index (χ0n) is 10.4. The van der Waals surface area contributed by atoms with Crippen molar-refractivity contribution in [3.05, 3.63) is 53.8 Å². The van der Waals surface area contributed by atoms with Crippen LogP contribution in [0.4, 0.5) is 10.9 Å². The van der Waals surface area contributed by atoms with E-state index in [1.807, 2.05) is 49.0 Å². The SMILES string of the molecule is Cc1ccnc(Nc2nc(-c3ccc[nH+]c3)cs2)c1. The molecule has 3 heterocycles. The molecular formula is C14H13N4S+. The minimum absolute atomic E-state index is 0.820. The Labute approximate surface area is 115 Å². The average Bonchev–Trinajstić information content (AvgIpc) is 2.88. The molecule has 3 aromatic rings. The number of nitrogens with zero attached hydrogens (tertiary/aromatic N) is 2. The number of aromatic amines is 1. The number of hydrogen-bond donors (Lipinski definition) is 1.